The monoisotopic (exact) mass is 292 g/mol. The Labute approximate surface area is 125 Å². The molecule has 0 saturated carbocycles. The number of hydrogen-bond donors (Lipinski definition) is 2. The second-order valence-electron chi connectivity index (χ2n) is 5.51. The van der Waals surface area contributed by atoms with Gasteiger partial charge in [0.1, 0.15) is 6.04 Å². The van der Waals surface area contributed by atoms with E-state index in [1.54, 1.807) is 0 Å². The van der Waals surface area contributed by atoms with Crippen LogP contribution in [-0.4, -0.2) is 31.1 Å². The van der Waals surface area contributed by atoms with Gasteiger partial charge in [0.2, 0.25) is 5.91 Å². The van der Waals surface area contributed by atoms with Gasteiger partial charge in [0.05, 0.1) is 13.2 Å². The Hall–Kier alpha value is -1.88. The molecule has 1 amide bonds. The third-order valence-electron chi connectivity index (χ3n) is 3.15. The van der Waals surface area contributed by atoms with Crippen LogP contribution < -0.4 is 11.1 Å². The smallest absolute Gasteiger partial charge is 0.328 e. The first kappa shape index (κ1) is 17.2. The van der Waals surface area contributed by atoms with E-state index in [9.17, 15) is 9.59 Å². The molecule has 5 nitrogen and oxygen atoms in total. The maximum Gasteiger partial charge on any atom is 0.328 e. The molecule has 3 N–H and O–H groups in total. The quantitative estimate of drug-likeness (QED) is 0.741. The van der Waals surface area contributed by atoms with Gasteiger partial charge in [-0.3, -0.25) is 4.79 Å². The van der Waals surface area contributed by atoms with Crippen LogP contribution in [0.5, 0.6) is 0 Å². The van der Waals surface area contributed by atoms with E-state index in [1.165, 1.54) is 7.11 Å². The maximum absolute atomic E-state index is 12.1. The molecule has 0 heterocycles. The van der Waals surface area contributed by atoms with Gasteiger partial charge in [-0.05, 0) is 17.9 Å². The summed E-state index contributed by atoms with van der Waals surface area (Å²) in [5.41, 5.74) is 6.79. The van der Waals surface area contributed by atoms with Crippen molar-refractivity contribution < 1.29 is 14.3 Å². The van der Waals surface area contributed by atoms with E-state index in [2.05, 4.69) is 5.32 Å². The fourth-order valence-corrected chi connectivity index (χ4v) is 2.08. The van der Waals surface area contributed by atoms with E-state index >= 15 is 0 Å². The summed E-state index contributed by atoms with van der Waals surface area (Å²) in [7, 11) is 1.31. The number of hydrogen-bond acceptors (Lipinski definition) is 4. The van der Waals surface area contributed by atoms with Gasteiger partial charge in [0.15, 0.2) is 0 Å². The molecule has 0 fully saturated rings. The molecule has 0 radical (unpaired) electrons. The average Bonchev–Trinajstić information content (AvgIpc) is 2.46. The molecule has 5 heteroatoms. The maximum atomic E-state index is 12.1. The molecular formula is C16H24N2O3. The summed E-state index contributed by atoms with van der Waals surface area (Å²) >= 11 is 0. The van der Waals surface area contributed by atoms with Gasteiger partial charge < -0.3 is 15.8 Å². The Kier molecular flexibility index (Phi) is 6.88. The Morgan fingerprint density at radius 3 is 2.38 bits per heavy atom. The Morgan fingerprint density at radius 1 is 1.24 bits per heavy atom. The second-order valence-corrected chi connectivity index (χ2v) is 5.51. The third kappa shape index (κ3) is 5.95. The van der Waals surface area contributed by atoms with Crippen LogP contribution in [-0.2, 0) is 20.7 Å². The Bertz CT molecular complexity index is 460. The van der Waals surface area contributed by atoms with E-state index in [4.69, 9.17) is 10.5 Å². The number of nitrogens with two attached hydrogens (primary N) is 1. The SMILES string of the molecule is COC(=O)C(Cc1ccccc1)NC(=O)C(N)CC(C)C. The third-order valence-corrected chi connectivity index (χ3v) is 3.15. The van der Waals surface area contributed by atoms with Crippen molar-refractivity contribution in [2.45, 2.75) is 38.8 Å². The summed E-state index contributed by atoms with van der Waals surface area (Å²) in [6.45, 7) is 3.99. The summed E-state index contributed by atoms with van der Waals surface area (Å²) in [6.07, 6.45) is 0.957. The highest BCUT2D eigenvalue weighted by Crippen LogP contribution is 2.07. The van der Waals surface area contributed by atoms with Gasteiger partial charge in [-0.15, -0.1) is 0 Å². The van der Waals surface area contributed by atoms with Crippen molar-refractivity contribution in [2.75, 3.05) is 7.11 Å². The van der Waals surface area contributed by atoms with Crippen LogP contribution >= 0.6 is 0 Å². The molecule has 0 aromatic heterocycles. The summed E-state index contributed by atoms with van der Waals surface area (Å²) in [5.74, 6) is -0.476. The van der Waals surface area contributed by atoms with Crippen molar-refractivity contribution >= 4 is 11.9 Å². The molecule has 0 saturated heterocycles. The molecule has 0 aliphatic rings. The first-order chi connectivity index (χ1) is 9.93. The van der Waals surface area contributed by atoms with Crippen molar-refractivity contribution in [3.05, 3.63) is 35.9 Å². The lowest BCUT2D eigenvalue weighted by atomic mass is 10.0. The second kappa shape index (κ2) is 8.42. The number of rotatable bonds is 7. The van der Waals surface area contributed by atoms with Gasteiger partial charge >= 0.3 is 5.97 Å². The molecule has 1 rings (SSSR count). The standard InChI is InChI=1S/C16H24N2O3/c1-11(2)9-13(17)15(19)18-14(16(20)21-3)10-12-7-5-4-6-8-12/h4-8,11,13-14H,9-10,17H2,1-3H3,(H,18,19). The van der Waals surface area contributed by atoms with Gasteiger partial charge in [-0.2, -0.15) is 0 Å². The zero-order valence-electron chi connectivity index (χ0n) is 12.8. The fourth-order valence-electron chi connectivity index (χ4n) is 2.08. The number of esters is 1. The molecule has 1 aromatic rings. The van der Waals surface area contributed by atoms with E-state index in [-0.39, 0.29) is 5.91 Å². The molecule has 0 bridgehead atoms. The van der Waals surface area contributed by atoms with E-state index in [0.29, 0.717) is 18.8 Å². The minimum absolute atomic E-state index is 0.316. The molecule has 1 aromatic carbocycles. The largest absolute Gasteiger partial charge is 0.467 e. The lowest BCUT2D eigenvalue weighted by molar-refractivity contribution is -0.145. The van der Waals surface area contributed by atoms with Gasteiger partial charge in [-0.25, -0.2) is 4.79 Å². The molecule has 2 unspecified atom stereocenters. The zero-order chi connectivity index (χ0) is 15.8. The summed E-state index contributed by atoms with van der Waals surface area (Å²) < 4.78 is 4.75. The minimum atomic E-state index is -0.719. The first-order valence-electron chi connectivity index (χ1n) is 7.11. The highest BCUT2D eigenvalue weighted by molar-refractivity contribution is 5.87. The van der Waals surface area contributed by atoms with E-state index in [0.717, 1.165) is 5.56 Å². The zero-order valence-corrected chi connectivity index (χ0v) is 12.8. The molecule has 116 valence electrons. The number of nitrogens with one attached hydrogen (secondary N) is 1. The molecule has 0 aliphatic carbocycles. The summed E-state index contributed by atoms with van der Waals surface area (Å²) in [6, 6.07) is 8.13. The van der Waals surface area contributed by atoms with Crippen LogP contribution in [0.4, 0.5) is 0 Å². The first-order valence-corrected chi connectivity index (χ1v) is 7.11. The van der Waals surface area contributed by atoms with Crippen LogP contribution in [0.3, 0.4) is 0 Å². The van der Waals surface area contributed by atoms with Gasteiger partial charge in [0.25, 0.3) is 0 Å². The van der Waals surface area contributed by atoms with E-state index in [1.807, 2.05) is 44.2 Å². The number of carbonyl (C=O) groups excluding carboxylic acids is 2. The normalized spacial score (nSPS) is 13.6. The van der Waals surface area contributed by atoms with Crippen molar-refractivity contribution in [1.82, 2.24) is 5.32 Å². The number of carbonyl (C=O) groups is 2. The summed E-state index contributed by atoms with van der Waals surface area (Å²) in [4.78, 5) is 23.9. The molecule has 0 spiro atoms. The topological polar surface area (TPSA) is 81.4 Å². The van der Waals surface area contributed by atoms with Crippen molar-refractivity contribution in [1.29, 1.82) is 0 Å². The van der Waals surface area contributed by atoms with Crippen molar-refractivity contribution in [3.63, 3.8) is 0 Å². The van der Waals surface area contributed by atoms with Gasteiger partial charge in [-0.1, -0.05) is 44.2 Å². The number of benzene rings is 1. The minimum Gasteiger partial charge on any atom is -0.467 e. The number of ether oxygens (including phenoxy) is 1. The summed E-state index contributed by atoms with van der Waals surface area (Å²) in [5, 5.41) is 2.68. The molecule has 0 aliphatic heterocycles. The Balaban J connectivity index is 2.70. The van der Waals surface area contributed by atoms with Crippen LogP contribution in [0.1, 0.15) is 25.8 Å². The van der Waals surface area contributed by atoms with Crippen molar-refractivity contribution in [3.8, 4) is 0 Å². The number of amides is 1. The van der Waals surface area contributed by atoms with Crippen LogP contribution in [0.15, 0.2) is 30.3 Å². The van der Waals surface area contributed by atoms with Crippen LogP contribution in [0.2, 0.25) is 0 Å². The van der Waals surface area contributed by atoms with Crippen LogP contribution in [0.25, 0.3) is 0 Å². The predicted molar refractivity (Wildman–Crippen MR) is 81.5 cm³/mol. The van der Waals surface area contributed by atoms with Gasteiger partial charge in [0, 0.05) is 6.42 Å². The van der Waals surface area contributed by atoms with E-state index < -0.39 is 18.1 Å². The van der Waals surface area contributed by atoms with Crippen LogP contribution in [0, 0.1) is 5.92 Å². The molecule has 2 atom stereocenters. The average molecular weight is 292 g/mol. The predicted octanol–water partition coefficient (Wildman–Crippen LogP) is 1.26. The molecule has 21 heavy (non-hydrogen) atoms. The lowest BCUT2D eigenvalue weighted by Gasteiger charge is -2.20. The molecular weight excluding hydrogens is 268 g/mol. The highest BCUT2D eigenvalue weighted by atomic mass is 16.5. The fraction of sp³-hybridized carbons (Fsp3) is 0.500. The van der Waals surface area contributed by atoms with Crippen molar-refractivity contribution in [2.24, 2.45) is 11.7 Å². The lowest BCUT2D eigenvalue weighted by Crippen LogP contribution is -2.50. The Morgan fingerprint density at radius 2 is 1.86 bits per heavy atom. The number of methoxy groups -OCH3 is 1. The highest BCUT2D eigenvalue weighted by Gasteiger charge is 2.24.